The Kier molecular flexibility index (Phi) is 9.90. The minimum Gasteiger partial charge on any atom is -0.495 e. The Bertz CT molecular complexity index is 1310. The number of rotatable bonds is 13. The van der Waals surface area contributed by atoms with Gasteiger partial charge < -0.3 is 14.8 Å². The van der Waals surface area contributed by atoms with E-state index in [2.05, 4.69) is 10.0 Å². The van der Waals surface area contributed by atoms with E-state index in [0.717, 1.165) is 5.56 Å². The first kappa shape index (κ1) is 28.0. The molecule has 0 aliphatic rings. The van der Waals surface area contributed by atoms with Crippen LogP contribution in [0.15, 0.2) is 77.7 Å². The molecule has 0 fully saturated rings. The zero-order chi connectivity index (χ0) is 26.8. The Morgan fingerprint density at radius 2 is 1.65 bits per heavy atom. The Balaban J connectivity index is 1.81. The van der Waals surface area contributed by atoms with Gasteiger partial charge in [0.15, 0.2) is 5.78 Å². The number of hydrogen-bond acceptors (Lipinski definition) is 6. The molecule has 0 aromatic heterocycles. The number of hydrogen-bond donors (Lipinski definition) is 2. The Hall–Kier alpha value is -3.60. The average Bonchev–Trinajstić information content (AvgIpc) is 2.89. The van der Waals surface area contributed by atoms with Crippen LogP contribution in [-0.2, 0) is 32.4 Å². The summed E-state index contributed by atoms with van der Waals surface area (Å²) in [6.45, 7) is 0.303. The molecule has 3 aromatic rings. The molecule has 8 nitrogen and oxygen atoms in total. The van der Waals surface area contributed by atoms with Crippen LogP contribution < -0.4 is 14.8 Å². The number of carbonyl (C=O) groups is 2. The highest BCUT2D eigenvalue weighted by atomic mass is 32.2. The normalized spacial score (nSPS) is 12.1. The van der Waals surface area contributed by atoms with Crippen LogP contribution in [0.2, 0.25) is 0 Å². The molecular formula is C27H29FN2O6S. The van der Waals surface area contributed by atoms with Crippen molar-refractivity contribution >= 4 is 21.7 Å². The van der Waals surface area contributed by atoms with Crippen molar-refractivity contribution in [3.8, 4) is 5.75 Å². The minimum atomic E-state index is -3.85. The monoisotopic (exact) mass is 528 g/mol. The third-order valence-corrected chi connectivity index (χ3v) is 7.08. The van der Waals surface area contributed by atoms with Crippen molar-refractivity contribution in [2.24, 2.45) is 0 Å². The summed E-state index contributed by atoms with van der Waals surface area (Å²) in [5.74, 6) is -1.17. The van der Waals surface area contributed by atoms with Crippen molar-refractivity contribution < 1.29 is 31.9 Å². The van der Waals surface area contributed by atoms with Gasteiger partial charge in [-0.25, -0.2) is 17.5 Å². The summed E-state index contributed by atoms with van der Waals surface area (Å²) in [6, 6.07) is 17.8. The second-order valence-electron chi connectivity index (χ2n) is 8.24. The maximum absolute atomic E-state index is 13.3. The van der Waals surface area contributed by atoms with E-state index in [1.807, 2.05) is 30.3 Å². The van der Waals surface area contributed by atoms with Gasteiger partial charge in [0.2, 0.25) is 10.0 Å². The van der Waals surface area contributed by atoms with Crippen LogP contribution in [0.3, 0.4) is 0 Å². The summed E-state index contributed by atoms with van der Waals surface area (Å²) in [6.07, 6.45) is 0.175. The SMILES string of the molecule is COCCNS(=O)(=O)c1ccc(CC(=O)[C@H](Cc2ccccc2)NC(=O)c2ccc(F)cc2)cc1OC. The fraction of sp³-hybridized carbons (Fsp3) is 0.259. The summed E-state index contributed by atoms with van der Waals surface area (Å²) in [5.41, 5.74) is 1.60. The number of ketones is 1. The number of ether oxygens (including phenoxy) is 2. The van der Waals surface area contributed by atoms with Crippen LogP contribution in [0.1, 0.15) is 21.5 Å². The van der Waals surface area contributed by atoms with E-state index in [0.29, 0.717) is 5.56 Å². The third-order valence-electron chi connectivity index (χ3n) is 5.58. The molecular weight excluding hydrogens is 499 g/mol. The Morgan fingerprint density at radius 1 is 0.946 bits per heavy atom. The fourth-order valence-electron chi connectivity index (χ4n) is 3.66. The summed E-state index contributed by atoms with van der Waals surface area (Å²) < 4.78 is 51.1. The van der Waals surface area contributed by atoms with Crippen LogP contribution in [0.4, 0.5) is 4.39 Å². The van der Waals surface area contributed by atoms with Crippen molar-refractivity contribution in [1.82, 2.24) is 10.0 Å². The van der Waals surface area contributed by atoms with Crippen molar-refractivity contribution in [2.45, 2.75) is 23.8 Å². The van der Waals surface area contributed by atoms with E-state index in [1.165, 1.54) is 56.7 Å². The van der Waals surface area contributed by atoms with E-state index >= 15 is 0 Å². The molecule has 0 unspecified atom stereocenters. The first-order valence-electron chi connectivity index (χ1n) is 11.5. The van der Waals surface area contributed by atoms with E-state index in [4.69, 9.17) is 9.47 Å². The number of methoxy groups -OCH3 is 2. The highest BCUT2D eigenvalue weighted by Gasteiger charge is 2.24. The molecule has 37 heavy (non-hydrogen) atoms. The molecule has 2 N–H and O–H groups in total. The molecule has 0 saturated carbocycles. The van der Waals surface area contributed by atoms with Crippen LogP contribution >= 0.6 is 0 Å². The highest BCUT2D eigenvalue weighted by Crippen LogP contribution is 2.25. The standard InChI is InChI=1S/C27H29FN2O6S/c1-35-15-14-29-37(33,34)26-13-8-20(18-25(26)36-2)17-24(31)23(16-19-6-4-3-5-7-19)30-27(32)21-9-11-22(28)12-10-21/h3-13,18,23,29H,14-17H2,1-2H3,(H,30,32)/t23-/m0/s1. The molecule has 3 aromatic carbocycles. The van der Waals surface area contributed by atoms with Gasteiger partial charge in [-0.05, 0) is 53.9 Å². The molecule has 0 heterocycles. The third kappa shape index (κ3) is 7.94. The van der Waals surface area contributed by atoms with Gasteiger partial charge in [0.25, 0.3) is 5.91 Å². The highest BCUT2D eigenvalue weighted by molar-refractivity contribution is 7.89. The number of benzene rings is 3. The summed E-state index contributed by atoms with van der Waals surface area (Å²) in [4.78, 5) is 26.1. The quantitative estimate of drug-likeness (QED) is 0.330. The molecule has 10 heteroatoms. The second-order valence-corrected chi connectivity index (χ2v) is 9.98. The molecule has 1 amide bonds. The van der Waals surface area contributed by atoms with Gasteiger partial charge in [0.05, 0.1) is 19.8 Å². The van der Waals surface area contributed by atoms with E-state index in [-0.39, 0.29) is 48.0 Å². The summed E-state index contributed by atoms with van der Waals surface area (Å²) in [7, 11) is -1.04. The lowest BCUT2D eigenvalue weighted by molar-refractivity contribution is -0.120. The first-order valence-corrected chi connectivity index (χ1v) is 13.0. The lowest BCUT2D eigenvalue weighted by atomic mass is 9.97. The number of carbonyl (C=O) groups excluding carboxylic acids is 2. The molecule has 0 bridgehead atoms. The molecule has 3 rings (SSSR count). The Morgan fingerprint density at radius 3 is 2.30 bits per heavy atom. The van der Waals surface area contributed by atoms with Gasteiger partial charge in [-0.15, -0.1) is 0 Å². The first-order chi connectivity index (χ1) is 17.7. The zero-order valence-corrected chi connectivity index (χ0v) is 21.4. The van der Waals surface area contributed by atoms with Crippen molar-refractivity contribution in [1.29, 1.82) is 0 Å². The minimum absolute atomic E-state index is 0.0623. The molecule has 0 spiro atoms. The molecule has 196 valence electrons. The lowest BCUT2D eigenvalue weighted by Gasteiger charge is -2.19. The smallest absolute Gasteiger partial charge is 0.251 e. The lowest BCUT2D eigenvalue weighted by Crippen LogP contribution is -2.43. The summed E-state index contributed by atoms with van der Waals surface area (Å²) in [5, 5.41) is 2.75. The number of halogens is 1. The number of amides is 1. The van der Waals surface area contributed by atoms with Gasteiger partial charge in [-0.2, -0.15) is 0 Å². The molecule has 0 saturated heterocycles. The zero-order valence-electron chi connectivity index (χ0n) is 20.6. The number of sulfonamides is 1. The topological polar surface area (TPSA) is 111 Å². The Labute approximate surface area is 215 Å². The van der Waals surface area contributed by atoms with E-state index < -0.39 is 27.8 Å². The number of nitrogens with one attached hydrogen (secondary N) is 2. The van der Waals surface area contributed by atoms with Crippen LogP contribution in [0, 0.1) is 5.82 Å². The largest absolute Gasteiger partial charge is 0.495 e. The number of Topliss-reactive ketones (excluding diaryl/α,β-unsaturated/α-hetero) is 1. The average molecular weight is 529 g/mol. The maximum Gasteiger partial charge on any atom is 0.251 e. The van der Waals surface area contributed by atoms with Crippen molar-refractivity contribution in [3.63, 3.8) is 0 Å². The van der Waals surface area contributed by atoms with Crippen LogP contribution in [0.5, 0.6) is 5.75 Å². The van der Waals surface area contributed by atoms with Gasteiger partial charge in [-0.3, -0.25) is 9.59 Å². The van der Waals surface area contributed by atoms with Crippen LogP contribution in [0.25, 0.3) is 0 Å². The van der Waals surface area contributed by atoms with Gasteiger partial charge in [0.1, 0.15) is 16.5 Å². The van der Waals surface area contributed by atoms with Crippen molar-refractivity contribution in [2.75, 3.05) is 27.4 Å². The predicted molar refractivity (Wildman–Crippen MR) is 137 cm³/mol. The molecule has 0 radical (unpaired) electrons. The second kappa shape index (κ2) is 13.1. The van der Waals surface area contributed by atoms with Crippen LogP contribution in [-0.4, -0.2) is 53.5 Å². The predicted octanol–water partition coefficient (Wildman–Crippen LogP) is 2.91. The molecule has 0 aliphatic heterocycles. The summed E-state index contributed by atoms with van der Waals surface area (Å²) >= 11 is 0. The van der Waals surface area contributed by atoms with Crippen molar-refractivity contribution in [3.05, 3.63) is 95.3 Å². The van der Waals surface area contributed by atoms with E-state index in [9.17, 15) is 22.4 Å². The van der Waals surface area contributed by atoms with Gasteiger partial charge in [0, 0.05) is 25.6 Å². The van der Waals surface area contributed by atoms with E-state index in [1.54, 1.807) is 0 Å². The molecule has 1 atom stereocenters. The fourth-order valence-corrected chi connectivity index (χ4v) is 4.82. The maximum atomic E-state index is 13.3. The van der Waals surface area contributed by atoms with Gasteiger partial charge in [-0.1, -0.05) is 36.4 Å². The van der Waals surface area contributed by atoms with Gasteiger partial charge >= 0.3 is 0 Å². The molecule has 0 aliphatic carbocycles.